The van der Waals surface area contributed by atoms with Crippen LogP contribution in [0.5, 0.6) is 0 Å². The Morgan fingerprint density at radius 1 is 1.29 bits per heavy atom. The van der Waals surface area contributed by atoms with Crippen LogP contribution in [0.25, 0.3) is 0 Å². The molecule has 78 valence electrons. The van der Waals surface area contributed by atoms with E-state index in [0.717, 1.165) is 18.2 Å². The molecule has 0 aromatic carbocycles. The van der Waals surface area contributed by atoms with Crippen LogP contribution in [-0.4, -0.2) is 21.7 Å². The molecule has 0 atom stereocenters. The third-order valence-electron chi connectivity index (χ3n) is 2.49. The van der Waals surface area contributed by atoms with Crippen LogP contribution in [-0.2, 0) is 13.0 Å². The van der Waals surface area contributed by atoms with Crippen LogP contribution in [0.15, 0.2) is 4.42 Å². The van der Waals surface area contributed by atoms with Gasteiger partial charge in [0.25, 0.3) is 0 Å². The molecule has 2 N–H and O–H groups in total. The Hall–Kier alpha value is -0.550. The number of nitrogens with zero attached hydrogens (tertiary/aromatic N) is 2. The molecule has 0 spiro atoms. The molecule has 1 aromatic rings. The first-order valence-corrected chi connectivity index (χ1v) is 6.13. The predicted molar refractivity (Wildman–Crippen MR) is 55.9 cm³/mol. The van der Waals surface area contributed by atoms with Gasteiger partial charge < -0.3 is 10.2 Å². The van der Waals surface area contributed by atoms with E-state index in [2.05, 4.69) is 10.2 Å². The predicted octanol–water partition coefficient (Wildman–Crippen LogP) is 1.21. The second-order valence-corrected chi connectivity index (χ2v) is 4.78. The van der Waals surface area contributed by atoms with Crippen molar-refractivity contribution in [3.05, 3.63) is 11.8 Å². The summed E-state index contributed by atoms with van der Waals surface area (Å²) in [4.78, 5) is 0. The van der Waals surface area contributed by atoms with E-state index < -0.39 is 0 Å². The van der Waals surface area contributed by atoms with Gasteiger partial charge in [-0.25, -0.2) is 0 Å². The van der Waals surface area contributed by atoms with E-state index in [1.54, 1.807) is 0 Å². The molecular formula is C9H15N3OS. The quantitative estimate of drug-likeness (QED) is 0.817. The largest absolute Gasteiger partial charge is 0.424 e. The fraction of sp³-hybridized carbons (Fsp3) is 0.778. The molecule has 0 bridgehead atoms. The van der Waals surface area contributed by atoms with Crippen molar-refractivity contribution >= 4 is 11.8 Å². The summed E-state index contributed by atoms with van der Waals surface area (Å²) in [6, 6.07) is 0. The normalized spacial score (nSPS) is 18.6. The van der Waals surface area contributed by atoms with Crippen molar-refractivity contribution in [3.8, 4) is 0 Å². The highest BCUT2D eigenvalue weighted by molar-refractivity contribution is 7.99. The zero-order valence-corrected chi connectivity index (χ0v) is 8.92. The van der Waals surface area contributed by atoms with Crippen molar-refractivity contribution in [2.24, 2.45) is 11.7 Å². The number of hydrogen-bond acceptors (Lipinski definition) is 5. The fourth-order valence-electron chi connectivity index (χ4n) is 1.65. The number of rotatable bonds is 3. The summed E-state index contributed by atoms with van der Waals surface area (Å²) in [7, 11) is 0. The van der Waals surface area contributed by atoms with Gasteiger partial charge in [0.15, 0.2) is 0 Å². The lowest BCUT2D eigenvalue weighted by molar-refractivity contribution is 0.391. The van der Waals surface area contributed by atoms with Crippen molar-refractivity contribution in [2.45, 2.75) is 25.8 Å². The molecule has 0 radical (unpaired) electrons. The van der Waals surface area contributed by atoms with Gasteiger partial charge in [0.2, 0.25) is 11.8 Å². The molecule has 2 rings (SSSR count). The van der Waals surface area contributed by atoms with Gasteiger partial charge in [-0.15, -0.1) is 10.2 Å². The maximum atomic E-state index is 5.40. The summed E-state index contributed by atoms with van der Waals surface area (Å²) in [5.74, 6) is 4.56. The van der Waals surface area contributed by atoms with Crippen LogP contribution < -0.4 is 5.73 Å². The Balaban J connectivity index is 1.89. The minimum Gasteiger partial charge on any atom is -0.424 e. The lowest BCUT2D eigenvalue weighted by Gasteiger charge is -2.19. The third kappa shape index (κ3) is 2.48. The maximum Gasteiger partial charge on any atom is 0.230 e. The summed E-state index contributed by atoms with van der Waals surface area (Å²) in [5, 5.41) is 7.83. The summed E-state index contributed by atoms with van der Waals surface area (Å²) < 4.78 is 5.38. The molecule has 1 aliphatic rings. The second kappa shape index (κ2) is 4.79. The Bertz CT molecular complexity index is 283. The topological polar surface area (TPSA) is 64.9 Å². The second-order valence-electron chi connectivity index (χ2n) is 3.55. The summed E-state index contributed by atoms with van der Waals surface area (Å²) in [6.07, 6.45) is 3.46. The van der Waals surface area contributed by atoms with Gasteiger partial charge in [-0.2, -0.15) is 11.8 Å². The average Bonchev–Trinajstić information content (AvgIpc) is 2.67. The SMILES string of the molecule is NCc1nnc(CC2CCSCC2)o1. The van der Waals surface area contributed by atoms with Crippen LogP contribution in [0.3, 0.4) is 0 Å². The molecule has 0 saturated carbocycles. The van der Waals surface area contributed by atoms with Crippen molar-refractivity contribution in [1.82, 2.24) is 10.2 Å². The van der Waals surface area contributed by atoms with Crippen LogP contribution in [0.2, 0.25) is 0 Å². The first-order valence-electron chi connectivity index (χ1n) is 4.97. The number of thioether (sulfide) groups is 1. The molecule has 1 saturated heterocycles. The zero-order chi connectivity index (χ0) is 9.80. The van der Waals surface area contributed by atoms with Crippen molar-refractivity contribution < 1.29 is 4.42 Å². The van der Waals surface area contributed by atoms with E-state index in [1.165, 1.54) is 24.3 Å². The van der Waals surface area contributed by atoms with Crippen molar-refractivity contribution in [1.29, 1.82) is 0 Å². The average molecular weight is 213 g/mol. The van der Waals surface area contributed by atoms with E-state index in [-0.39, 0.29) is 0 Å². The molecule has 14 heavy (non-hydrogen) atoms. The summed E-state index contributed by atoms with van der Waals surface area (Å²) in [6.45, 7) is 0.341. The standard InChI is InChI=1S/C9H15N3OS/c10-6-9-12-11-8(13-9)5-7-1-3-14-4-2-7/h7H,1-6,10H2. The van der Waals surface area contributed by atoms with Crippen LogP contribution in [0.4, 0.5) is 0 Å². The Labute approximate surface area is 87.6 Å². The van der Waals surface area contributed by atoms with Gasteiger partial charge in [0.05, 0.1) is 6.54 Å². The molecule has 5 heteroatoms. The minimum atomic E-state index is 0.341. The highest BCUT2D eigenvalue weighted by Crippen LogP contribution is 2.25. The van der Waals surface area contributed by atoms with Crippen LogP contribution >= 0.6 is 11.8 Å². The molecule has 0 unspecified atom stereocenters. The molecule has 2 heterocycles. The van der Waals surface area contributed by atoms with Crippen molar-refractivity contribution in [2.75, 3.05) is 11.5 Å². The van der Waals surface area contributed by atoms with Crippen LogP contribution in [0, 0.1) is 5.92 Å². The lowest BCUT2D eigenvalue weighted by atomic mass is 9.99. The minimum absolute atomic E-state index is 0.341. The van der Waals surface area contributed by atoms with Gasteiger partial charge in [-0.1, -0.05) is 0 Å². The third-order valence-corrected chi connectivity index (χ3v) is 3.54. The van der Waals surface area contributed by atoms with E-state index in [1.807, 2.05) is 11.8 Å². The Kier molecular flexibility index (Phi) is 3.42. The zero-order valence-electron chi connectivity index (χ0n) is 8.11. The first-order chi connectivity index (χ1) is 6.88. The van der Waals surface area contributed by atoms with Gasteiger partial charge in [0.1, 0.15) is 0 Å². The van der Waals surface area contributed by atoms with Gasteiger partial charge in [-0.3, -0.25) is 0 Å². The fourth-order valence-corrected chi connectivity index (χ4v) is 2.85. The lowest BCUT2D eigenvalue weighted by Crippen LogP contribution is -2.12. The van der Waals surface area contributed by atoms with E-state index >= 15 is 0 Å². The van der Waals surface area contributed by atoms with Gasteiger partial charge in [0, 0.05) is 6.42 Å². The van der Waals surface area contributed by atoms with Gasteiger partial charge >= 0.3 is 0 Å². The van der Waals surface area contributed by atoms with E-state index in [9.17, 15) is 0 Å². The Morgan fingerprint density at radius 2 is 2.00 bits per heavy atom. The first kappa shape index (κ1) is 9.98. The molecule has 4 nitrogen and oxygen atoms in total. The van der Waals surface area contributed by atoms with E-state index in [0.29, 0.717) is 12.4 Å². The monoisotopic (exact) mass is 213 g/mol. The molecule has 1 aliphatic heterocycles. The highest BCUT2D eigenvalue weighted by atomic mass is 32.2. The smallest absolute Gasteiger partial charge is 0.230 e. The summed E-state index contributed by atoms with van der Waals surface area (Å²) in [5.41, 5.74) is 5.40. The summed E-state index contributed by atoms with van der Waals surface area (Å²) >= 11 is 2.03. The number of nitrogens with two attached hydrogens (primary N) is 1. The molecule has 1 aromatic heterocycles. The highest BCUT2D eigenvalue weighted by Gasteiger charge is 2.17. The molecular weight excluding hydrogens is 198 g/mol. The van der Waals surface area contributed by atoms with Gasteiger partial charge in [-0.05, 0) is 30.3 Å². The number of hydrogen-bond donors (Lipinski definition) is 1. The van der Waals surface area contributed by atoms with Crippen LogP contribution in [0.1, 0.15) is 24.6 Å². The molecule has 0 amide bonds. The maximum absolute atomic E-state index is 5.40. The Morgan fingerprint density at radius 3 is 2.64 bits per heavy atom. The molecule has 0 aliphatic carbocycles. The van der Waals surface area contributed by atoms with E-state index in [4.69, 9.17) is 10.2 Å². The number of aromatic nitrogens is 2. The molecule has 1 fully saturated rings. The van der Waals surface area contributed by atoms with Crippen molar-refractivity contribution in [3.63, 3.8) is 0 Å².